The molecule has 0 saturated carbocycles. The predicted molar refractivity (Wildman–Crippen MR) is 169 cm³/mol. The van der Waals surface area contributed by atoms with Gasteiger partial charge in [0.05, 0.1) is 41.8 Å². The maximum Gasteiger partial charge on any atom is 0.338 e. The lowest BCUT2D eigenvalue weighted by atomic mass is 9.96. The zero-order valence-corrected chi connectivity index (χ0v) is 25.7. The van der Waals surface area contributed by atoms with Gasteiger partial charge in [0, 0.05) is 24.2 Å². The van der Waals surface area contributed by atoms with Crippen molar-refractivity contribution in [2.75, 3.05) is 14.2 Å². The molecule has 0 radical (unpaired) electrons. The first-order valence-corrected chi connectivity index (χ1v) is 14.8. The van der Waals surface area contributed by atoms with E-state index in [0.717, 1.165) is 16.8 Å². The molecule has 0 amide bonds. The molecule has 0 aliphatic carbocycles. The third-order valence-corrected chi connectivity index (χ3v) is 8.28. The first-order valence-electron chi connectivity index (χ1n) is 14.0. The summed E-state index contributed by atoms with van der Waals surface area (Å²) in [5, 5.41) is 4.88. The van der Waals surface area contributed by atoms with Gasteiger partial charge in [-0.1, -0.05) is 41.7 Å². The summed E-state index contributed by atoms with van der Waals surface area (Å²) in [4.78, 5) is 43.7. The second-order valence-corrected chi connectivity index (χ2v) is 11.2. The number of para-hydroxylation sites is 1. The smallest absolute Gasteiger partial charge is 0.338 e. The largest absolute Gasteiger partial charge is 0.497 e. The number of carbonyl (C=O) groups excluding carboxylic acids is 2. The average Bonchev–Trinajstić information content (AvgIpc) is 3.61. The van der Waals surface area contributed by atoms with E-state index in [-0.39, 0.29) is 11.1 Å². The summed E-state index contributed by atoms with van der Waals surface area (Å²) in [5.74, 6) is 0.0195. The van der Waals surface area contributed by atoms with E-state index in [4.69, 9.17) is 19.3 Å². The zero-order chi connectivity index (χ0) is 31.7. The van der Waals surface area contributed by atoms with Crippen molar-refractivity contribution in [3.63, 3.8) is 0 Å². The van der Waals surface area contributed by atoms with E-state index in [1.54, 1.807) is 49.1 Å². The van der Waals surface area contributed by atoms with Crippen LogP contribution < -0.4 is 24.4 Å². The molecule has 2 aromatic heterocycles. The molecule has 45 heavy (non-hydrogen) atoms. The number of nitrogens with zero attached hydrogens (tertiary/aromatic N) is 4. The second kappa shape index (κ2) is 12.2. The molecular formula is C34H28N4O6S. The molecule has 0 spiro atoms. The number of benzene rings is 3. The molecule has 0 saturated heterocycles. The van der Waals surface area contributed by atoms with Crippen LogP contribution in [-0.4, -0.2) is 40.5 Å². The van der Waals surface area contributed by atoms with Crippen LogP contribution in [0.2, 0.25) is 0 Å². The van der Waals surface area contributed by atoms with Gasteiger partial charge in [0.1, 0.15) is 17.2 Å². The van der Waals surface area contributed by atoms with Crippen molar-refractivity contribution in [3.05, 3.63) is 127 Å². The average molecular weight is 621 g/mol. The highest BCUT2D eigenvalue weighted by Gasteiger charge is 2.33. The number of fused-ring (bicyclic) bond motifs is 1. The Hall–Kier alpha value is -5.55. The third kappa shape index (κ3) is 5.73. The van der Waals surface area contributed by atoms with Crippen LogP contribution in [0, 0.1) is 0 Å². The number of allylic oxidation sites excluding steroid dienone is 1. The molecule has 226 valence electrons. The molecule has 11 heteroatoms. The topological polar surface area (TPSA) is 114 Å². The van der Waals surface area contributed by atoms with Crippen molar-refractivity contribution in [1.82, 2.24) is 14.3 Å². The minimum absolute atomic E-state index is 0.243. The van der Waals surface area contributed by atoms with Gasteiger partial charge in [0.2, 0.25) is 0 Å². The standard InChI is InChI=1S/C34H28N4O6S/c1-20-29(33(41)43-4)31(23-12-16-27(17-13-23)44-21(2)39)38-32(40)28(45-34(38)35-20)18-24-19-37(25-8-6-5-7-9-25)36-30(24)22-10-14-26(42-3)15-11-22/h5-19,31H,1-4H3/b28-18-. The lowest BCUT2D eigenvalue weighted by Crippen LogP contribution is -2.39. The summed E-state index contributed by atoms with van der Waals surface area (Å²) >= 11 is 1.22. The van der Waals surface area contributed by atoms with Crippen LogP contribution in [0.4, 0.5) is 0 Å². The fraction of sp³-hybridized carbons (Fsp3) is 0.147. The highest BCUT2D eigenvalue weighted by atomic mass is 32.1. The number of methoxy groups -OCH3 is 2. The Morgan fingerprint density at radius 3 is 2.27 bits per heavy atom. The summed E-state index contributed by atoms with van der Waals surface area (Å²) in [5.41, 5.74) is 4.10. The summed E-state index contributed by atoms with van der Waals surface area (Å²) in [6, 6.07) is 23.1. The SMILES string of the molecule is COC(=O)C1=C(C)N=c2s/c(=C\c3cn(-c4ccccc4)nc3-c3ccc(OC)cc3)c(=O)n2C1c1ccc(OC(C)=O)cc1. The lowest BCUT2D eigenvalue weighted by molar-refractivity contribution is -0.136. The van der Waals surface area contributed by atoms with Crippen molar-refractivity contribution in [2.24, 2.45) is 4.99 Å². The van der Waals surface area contributed by atoms with Crippen molar-refractivity contribution >= 4 is 29.4 Å². The zero-order valence-electron chi connectivity index (χ0n) is 24.9. The van der Waals surface area contributed by atoms with E-state index in [1.807, 2.05) is 60.8 Å². The van der Waals surface area contributed by atoms with Crippen LogP contribution in [0.15, 0.2) is 106 Å². The molecule has 3 aromatic carbocycles. The number of esters is 2. The monoisotopic (exact) mass is 620 g/mol. The number of hydrogen-bond donors (Lipinski definition) is 0. The van der Waals surface area contributed by atoms with Gasteiger partial charge in [0.25, 0.3) is 5.56 Å². The summed E-state index contributed by atoms with van der Waals surface area (Å²) < 4.78 is 19.3. The predicted octanol–water partition coefficient (Wildman–Crippen LogP) is 4.19. The Morgan fingerprint density at radius 1 is 0.933 bits per heavy atom. The maximum atomic E-state index is 14.2. The van der Waals surface area contributed by atoms with Gasteiger partial charge in [-0.05, 0) is 67.1 Å². The van der Waals surface area contributed by atoms with Crippen LogP contribution in [0.25, 0.3) is 23.0 Å². The number of rotatable bonds is 7. The third-order valence-electron chi connectivity index (χ3n) is 7.30. The first-order chi connectivity index (χ1) is 21.8. The van der Waals surface area contributed by atoms with Crippen molar-refractivity contribution < 1.29 is 23.8 Å². The fourth-order valence-electron chi connectivity index (χ4n) is 5.21. The maximum absolute atomic E-state index is 14.2. The Bertz CT molecular complexity index is 2130. The molecule has 0 N–H and O–H groups in total. The normalized spacial score (nSPS) is 14.5. The van der Waals surface area contributed by atoms with Crippen LogP contribution in [0.1, 0.15) is 31.0 Å². The molecule has 0 bridgehead atoms. The highest BCUT2D eigenvalue weighted by Crippen LogP contribution is 2.32. The highest BCUT2D eigenvalue weighted by molar-refractivity contribution is 7.07. The van der Waals surface area contributed by atoms with Gasteiger partial charge >= 0.3 is 11.9 Å². The number of hydrogen-bond acceptors (Lipinski definition) is 9. The van der Waals surface area contributed by atoms with Crippen molar-refractivity contribution in [2.45, 2.75) is 19.9 Å². The van der Waals surface area contributed by atoms with E-state index in [2.05, 4.69) is 4.99 Å². The van der Waals surface area contributed by atoms with E-state index in [0.29, 0.717) is 37.8 Å². The van der Waals surface area contributed by atoms with Crippen molar-refractivity contribution in [3.8, 4) is 28.4 Å². The minimum Gasteiger partial charge on any atom is -0.497 e. The Balaban J connectivity index is 1.53. The van der Waals surface area contributed by atoms with Gasteiger partial charge in [-0.3, -0.25) is 14.2 Å². The molecule has 0 fully saturated rings. The van der Waals surface area contributed by atoms with Crippen LogP contribution in [0.5, 0.6) is 11.5 Å². The van der Waals surface area contributed by atoms with Gasteiger partial charge < -0.3 is 14.2 Å². The van der Waals surface area contributed by atoms with Crippen molar-refractivity contribution in [1.29, 1.82) is 0 Å². The van der Waals surface area contributed by atoms with Gasteiger partial charge in [-0.25, -0.2) is 14.5 Å². The molecular weight excluding hydrogens is 592 g/mol. The number of thiazole rings is 1. The Kier molecular flexibility index (Phi) is 8.01. The summed E-state index contributed by atoms with van der Waals surface area (Å²) in [6.07, 6.45) is 3.68. The van der Waals surface area contributed by atoms with Crippen LogP contribution in [-0.2, 0) is 14.3 Å². The van der Waals surface area contributed by atoms with E-state index in [9.17, 15) is 14.4 Å². The van der Waals surface area contributed by atoms with Gasteiger partial charge in [-0.2, -0.15) is 5.10 Å². The second-order valence-electron chi connectivity index (χ2n) is 10.2. The molecule has 1 unspecified atom stereocenters. The molecule has 3 heterocycles. The van der Waals surface area contributed by atoms with Gasteiger partial charge in [-0.15, -0.1) is 0 Å². The first kappa shape index (κ1) is 29.5. The summed E-state index contributed by atoms with van der Waals surface area (Å²) in [7, 11) is 2.90. The summed E-state index contributed by atoms with van der Waals surface area (Å²) in [6.45, 7) is 3.03. The molecule has 1 aliphatic heterocycles. The molecule has 10 nitrogen and oxygen atoms in total. The van der Waals surface area contributed by atoms with E-state index >= 15 is 0 Å². The van der Waals surface area contributed by atoms with Crippen LogP contribution in [0.3, 0.4) is 0 Å². The molecule has 6 rings (SSSR count). The number of aromatic nitrogens is 3. The van der Waals surface area contributed by atoms with Crippen LogP contribution >= 0.6 is 11.3 Å². The molecule has 1 aliphatic rings. The van der Waals surface area contributed by atoms with E-state index in [1.165, 1.54) is 29.9 Å². The fourth-order valence-corrected chi connectivity index (χ4v) is 6.25. The minimum atomic E-state index is -0.810. The number of ether oxygens (including phenoxy) is 3. The quantitative estimate of drug-likeness (QED) is 0.198. The lowest BCUT2D eigenvalue weighted by Gasteiger charge is -2.24. The number of carbonyl (C=O) groups is 2. The molecule has 5 aromatic rings. The van der Waals surface area contributed by atoms with Gasteiger partial charge in [0.15, 0.2) is 4.80 Å². The Labute approximate surface area is 261 Å². The van der Waals surface area contributed by atoms with E-state index < -0.39 is 18.0 Å². The molecule has 1 atom stereocenters. The Morgan fingerprint density at radius 2 is 1.62 bits per heavy atom.